The number of benzene rings is 1. The number of halogens is 1. The molecule has 0 spiro atoms. The predicted molar refractivity (Wildman–Crippen MR) is 53.0 cm³/mol. The molecule has 3 heteroatoms. The van der Waals surface area contributed by atoms with Crippen molar-refractivity contribution in [2.75, 3.05) is 0 Å². The first-order chi connectivity index (χ1) is 5.41. The molecule has 0 aliphatic carbocycles. The van der Waals surface area contributed by atoms with Gasteiger partial charge in [-0.3, -0.25) is 0 Å². The molecule has 0 aromatic heterocycles. The smallest absolute Gasteiger partial charge is 0.121 e. The Labute approximate surface area is 80.5 Å². The van der Waals surface area contributed by atoms with Gasteiger partial charge in [0.25, 0.3) is 0 Å². The van der Waals surface area contributed by atoms with Crippen LogP contribution in [0.1, 0.15) is 19.4 Å². The zero-order chi connectivity index (χ0) is 9.35. The summed E-state index contributed by atoms with van der Waals surface area (Å²) in [5.41, 5.74) is 6.09. The van der Waals surface area contributed by atoms with Gasteiger partial charge in [0.05, 0.1) is 0 Å². The third kappa shape index (κ3) is 1.99. The van der Waals surface area contributed by atoms with Crippen LogP contribution in [0, 0.1) is 0 Å². The Morgan fingerprint density at radius 1 is 1.42 bits per heavy atom. The first-order valence-electron chi connectivity index (χ1n) is 3.69. The third-order valence-corrected chi connectivity index (χ3v) is 2.15. The van der Waals surface area contributed by atoms with Gasteiger partial charge in [-0.15, -0.1) is 0 Å². The van der Waals surface area contributed by atoms with Crippen molar-refractivity contribution in [1.82, 2.24) is 0 Å². The van der Waals surface area contributed by atoms with Gasteiger partial charge >= 0.3 is 0 Å². The molecular weight excluding hydrogens is 218 g/mol. The highest BCUT2D eigenvalue weighted by Crippen LogP contribution is 2.29. The molecule has 0 aliphatic rings. The second kappa shape index (κ2) is 3.07. The van der Waals surface area contributed by atoms with Gasteiger partial charge in [-0.25, -0.2) is 0 Å². The van der Waals surface area contributed by atoms with E-state index < -0.39 is 5.54 Å². The summed E-state index contributed by atoms with van der Waals surface area (Å²) < 4.78 is 0.855. The van der Waals surface area contributed by atoms with Crippen molar-refractivity contribution in [3.8, 4) is 5.75 Å². The van der Waals surface area contributed by atoms with Crippen molar-refractivity contribution in [2.24, 2.45) is 5.73 Å². The largest absolute Gasteiger partial charge is 0.508 e. The summed E-state index contributed by atoms with van der Waals surface area (Å²) in [7, 11) is 0. The Kier molecular flexibility index (Phi) is 2.44. The van der Waals surface area contributed by atoms with Gasteiger partial charge in [0.2, 0.25) is 0 Å². The van der Waals surface area contributed by atoms with E-state index in [1.807, 2.05) is 26.0 Å². The van der Waals surface area contributed by atoms with Crippen LogP contribution in [0.5, 0.6) is 5.75 Å². The first-order valence-corrected chi connectivity index (χ1v) is 4.48. The van der Waals surface area contributed by atoms with Gasteiger partial charge in [0.1, 0.15) is 5.75 Å². The molecule has 0 saturated heterocycles. The Morgan fingerprint density at radius 3 is 2.42 bits per heavy atom. The van der Waals surface area contributed by atoms with E-state index in [2.05, 4.69) is 15.9 Å². The van der Waals surface area contributed by atoms with E-state index in [1.54, 1.807) is 6.07 Å². The Morgan fingerprint density at radius 2 is 2.00 bits per heavy atom. The number of phenols is 1. The summed E-state index contributed by atoms with van der Waals surface area (Å²) >= 11 is 3.26. The molecule has 0 heterocycles. The fourth-order valence-electron chi connectivity index (χ4n) is 1.05. The van der Waals surface area contributed by atoms with Crippen LogP contribution in [-0.2, 0) is 5.54 Å². The summed E-state index contributed by atoms with van der Waals surface area (Å²) in [4.78, 5) is 0. The van der Waals surface area contributed by atoms with Crippen molar-refractivity contribution >= 4 is 15.9 Å². The van der Waals surface area contributed by atoms with E-state index in [1.165, 1.54) is 0 Å². The fraction of sp³-hybridized carbons (Fsp3) is 0.333. The van der Waals surface area contributed by atoms with E-state index in [-0.39, 0.29) is 5.75 Å². The molecule has 0 radical (unpaired) electrons. The van der Waals surface area contributed by atoms with Gasteiger partial charge in [0.15, 0.2) is 0 Å². The fourth-order valence-corrected chi connectivity index (χ4v) is 1.40. The van der Waals surface area contributed by atoms with Gasteiger partial charge in [-0.1, -0.05) is 22.0 Å². The van der Waals surface area contributed by atoms with Crippen LogP contribution >= 0.6 is 15.9 Å². The highest BCUT2D eigenvalue weighted by Gasteiger charge is 2.17. The van der Waals surface area contributed by atoms with Crippen molar-refractivity contribution < 1.29 is 5.11 Å². The number of hydrogen-bond donors (Lipinski definition) is 2. The second-order valence-electron chi connectivity index (χ2n) is 3.38. The molecule has 66 valence electrons. The molecule has 1 aromatic rings. The molecule has 3 N–H and O–H groups in total. The van der Waals surface area contributed by atoms with E-state index in [0.717, 1.165) is 10.0 Å². The molecule has 0 saturated carbocycles. The van der Waals surface area contributed by atoms with Crippen molar-refractivity contribution in [2.45, 2.75) is 19.4 Å². The van der Waals surface area contributed by atoms with Gasteiger partial charge in [-0.2, -0.15) is 0 Å². The highest BCUT2D eigenvalue weighted by molar-refractivity contribution is 9.10. The predicted octanol–water partition coefficient (Wildman–Crippen LogP) is 2.35. The summed E-state index contributed by atoms with van der Waals surface area (Å²) in [6.45, 7) is 3.71. The van der Waals surface area contributed by atoms with Crippen LogP contribution < -0.4 is 5.73 Å². The third-order valence-electron chi connectivity index (χ3n) is 1.65. The maximum absolute atomic E-state index is 9.52. The number of aromatic hydroxyl groups is 1. The van der Waals surface area contributed by atoms with Crippen LogP contribution in [0.25, 0.3) is 0 Å². The van der Waals surface area contributed by atoms with Gasteiger partial charge < -0.3 is 10.8 Å². The van der Waals surface area contributed by atoms with Crippen LogP contribution in [0.4, 0.5) is 0 Å². The molecule has 1 rings (SSSR count). The summed E-state index contributed by atoms with van der Waals surface area (Å²) in [6, 6.07) is 5.33. The first kappa shape index (κ1) is 9.55. The molecule has 0 atom stereocenters. The van der Waals surface area contributed by atoms with E-state index in [0.29, 0.717) is 0 Å². The molecule has 0 fully saturated rings. The Balaban J connectivity index is 3.19. The lowest BCUT2D eigenvalue weighted by Gasteiger charge is -2.20. The Bertz CT molecular complexity index is 291. The maximum atomic E-state index is 9.52. The molecule has 0 amide bonds. The van der Waals surface area contributed by atoms with Crippen LogP contribution in [-0.4, -0.2) is 5.11 Å². The van der Waals surface area contributed by atoms with E-state index >= 15 is 0 Å². The SMILES string of the molecule is CC(C)(N)c1ccc(Br)cc1O. The van der Waals surface area contributed by atoms with E-state index in [4.69, 9.17) is 5.73 Å². The molecule has 0 unspecified atom stereocenters. The summed E-state index contributed by atoms with van der Waals surface area (Å²) in [5.74, 6) is 0.233. The van der Waals surface area contributed by atoms with Crippen LogP contribution in [0.15, 0.2) is 22.7 Å². The van der Waals surface area contributed by atoms with Crippen molar-refractivity contribution in [3.05, 3.63) is 28.2 Å². The van der Waals surface area contributed by atoms with Gasteiger partial charge in [0, 0.05) is 15.6 Å². The van der Waals surface area contributed by atoms with E-state index in [9.17, 15) is 5.11 Å². The number of nitrogens with two attached hydrogens (primary N) is 1. The minimum absolute atomic E-state index is 0.233. The zero-order valence-electron chi connectivity index (χ0n) is 7.13. The standard InChI is InChI=1S/C9H12BrNO/c1-9(2,11)7-4-3-6(10)5-8(7)12/h3-5,12H,11H2,1-2H3. The quantitative estimate of drug-likeness (QED) is 0.777. The average molecular weight is 230 g/mol. The molecule has 0 aliphatic heterocycles. The highest BCUT2D eigenvalue weighted by atomic mass is 79.9. The molecule has 12 heavy (non-hydrogen) atoms. The number of phenolic OH excluding ortho intramolecular Hbond substituents is 1. The zero-order valence-corrected chi connectivity index (χ0v) is 8.72. The lowest BCUT2D eigenvalue weighted by molar-refractivity contribution is 0.440. The number of hydrogen-bond acceptors (Lipinski definition) is 2. The lowest BCUT2D eigenvalue weighted by Crippen LogP contribution is -2.28. The minimum Gasteiger partial charge on any atom is -0.508 e. The normalized spacial score (nSPS) is 11.7. The van der Waals surface area contributed by atoms with Crippen molar-refractivity contribution in [3.63, 3.8) is 0 Å². The van der Waals surface area contributed by atoms with Crippen LogP contribution in [0.3, 0.4) is 0 Å². The Hall–Kier alpha value is -0.540. The molecule has 1 aromatic carbocycles. The summed E-state index contributed by atoms with van der Waals surface area (Å²) in [6.07, 6.45) is 0. The van der Waals surface area contributed by atoms with Crippen LogP contribution in [0.2, 0.25) is 0 Å². The average Bonchev–Trinajstić information content (AvgIpc) is 1.83. The molecule has 2 nitrogen and oxygen atoms in total. The molecule has 0 bridgehead atoms. The minimum atomic E-state index is -0.495. The monoisotopic (exact) mass is 229 g/mol. The topological polar surface area (TPSA) is 46.2 Å². The maximum Gasteiger partial charge on any atom is 0.121 e. The van der Waals surface area contributed by atoms with Crippen molar-refractivity contribution in [1.29, 1.82) is 0 Å². The molecular formula is C9H12BrNO. The summed E-state index contributed by atoms with van der Waals surface area (Å²) in [5, 5.41) is 9.52. The second-order valence-corrected chi connectivity index (χ2v) is 4.30. The van der Waals surface area contributed by atoms with Gasteiger partial charge in [-0.05, 0) is 26.0 Å². The lowest BCUT2D eigenvalue weighted by atomic mass is 9.95. The number of rotatable bonds is 1.